The van der Waals surface area contributed by atoms with Crippen molar-refractivity contribution in [1.82, 2.24) is 39.9 Å². The molecule has 4 N–H and O–H groups in total. The predicted molar refractivity (Wildman–Crippen MR) is 290 cm³/mol. The van der Waals surface area contributed by atoms with Gasteiger partial charge >= 0.3 is 0 Å². The number of hydrogen-bond donors (Lipinski definition) is 4. The van der Waals surface area contributed by atoms with Gasteiger partial charge in [-0.05, 0) is 158 Å². The fourth-order valence-electron chi connectivity index (χ4n) is 8.58. The summed E-state index contributed by atoms with van der Waals surface area (Å²) in [4.78, 5) is 47.3. The van der Waals surface area contributed by atoms with Gasteiger partial charge in [0.1, 0.15) is 0 Å². The van der Waals surface area contributed by atoms with E-state index in [2.05, 4.69) is 72.5 Å². The molecule has 12 rings (SSSR count). The molecule has 72 heavy (non-hydrogen) atoms. The van der Waals surface area contributed by atoms with Gasteiger partial charge in [0, 0.05) is 65.1 Å². The molecule has 0 atom stereocenters. The first-order chi connectivity index (χ1) is 35.2. The van der Waals surface area contributed by atoms with Gasteiger partial charge in [0.2, 0.25) is 0 Å². The first-order valence-electron chi connectivity index (χ1n) is 23.0. The number of fused-ring (bicyclic) bond motifs is 16. The Balaban J connectivity index is 0.983. The van der Waals surface area contributed by atoms with E-state index in [1.54, 1.807) is 12.1 Å². The monoisotopic (exact) mass is 930 g/mol. The Morgan fingerprint density at radius 1 is 0.403 bits per heavy atom. The number of H-pyrrole nitrogens is 4. The normalized spacial score (nSPS) is 11.9. The van der Waals surface area contributed by atoms with E-state index >= 15 is 0 Å². The summed E-state index contributed by atoms with van der Waals surface area (Å²) in [5.74, 6) is 20.3. The number of benzene rings is 2. The minimum Gasteiger partial charge on any atom is -0.378 e. The summed E-state index contributed by atoms with van der Waals surface area (Å²) in [6, 6.07) is 38.4. The van der Waals surface area contributed by atoms with Gasteiger partial charge in [-0.15, -0.1) is 0 Å². The van der Waals surface area contributed by atoms with Crippen molar-refractivity contribution in [2.45, 2.75) is 0 Å². The lowest BCUT2D eigenvalue weighted by atomic mass is 10.1. The average Bonchev–Trinajstić information content (AvgIpc) is 4.23. The third kappa shape index (κ3) is 8.76. The first-order valence-corrected chi connectivity index (χ1v) is 23.0. The van der Waals surface area contributed by atoms with Crippen LogP contribution in [0.3, 0.4) is 0 Å². The second-order valence-electron chi connectivity index (χ2n) is 17.4. The number of nitrogens with zero attached hydrogens (tertiary/aromatic N) is 6. The SMILES string of the molecule is CN(C)c1ccc(C#Cc2c3ccc(cc4nc(c(C#Cc5c6nc(cc7ccc([nH]7)c(C#Cc7ccc([N+](=O)[O-])cc7)c7ccc(cc8nc5C=C8)[nH]7)C=C6)c5nc(cc6ccc2[nH]6)C=C5)C=C4)[nH]3)cc1. The highest BCUT2D eigenvalue weighted by atomic mass is 16.6. The Bertz CT molecular complexity index is 4100. The molecule has 0 amide bonds. The van der Waals surface area contributed by atoms with Crippen molar-refractivity contribution in [1.29, 1.82) is 0 Å². The van der Waals surface area contributed by atoms with Gasteiger partial charge in [-0.3, -0.25) is 10.1 Å². The fraction of sp³-hybridized carbons (Fsp3) is 0.0333. The van der Waals surface area contributed by atoms with Gasteiger partial charge < -0.3 is 24.8 Å². The zero-order valence-corrected chi connectivity index (χ0v) is 38.7. The van der Waals surface area contributed by atoms with E-state index in [1.807, 2.05) is 148 Å². The minimum absolute atomic E-state index is 0.00982. The molecule has 12 nitrogen and oxygen atoms in total. The van der Waals surface area contributed by atoms with Crippen molar-refractivity contribution >= 4 is 104 Å². The number of rotatable bonds is 2. The summed E-state index contributed by atoms with van der Waals surface area (Å²) in [5, 5.41) is 11.2. The van der Waals surface area contributed by atoms with E-state index in [-0.39, 0.29) is 5.69 Å². The molecule has 340 valence electrons. The molecular formula is C60H38N10O2. The zero-order valence-electron chi connectivity index (χ0n) is 38.7. The predicted octanol–water partition coefficient (Wildman–Crippen LogP) is 11.8. The fourth-order valence-corrected chi connectivity index (χ4v) is 8.58. The molecule has 2 aromatic carbocycles. The van der Waals surface area contributed by atoms with Crippen LogP contribution in [-0.2, 0) is 0 Å². The van der Waals surface area contributed by atoms with E-state index in [0.717, 1.165) is 89.3 Å². The lowest BCUT2D eigenvalue weighted by Gasteiger charge is -2.11. The molecule has 6 aromatic heterocycles. The van der Waals surface area contributed by atoms with E-state index in [1.165, 1.54) is 12.1 Å². The van der Waals surface area contributed by atoms with Crippen LogP contribution in [0.2, 0.25) is 0 Å². The third-order valence-corrected chi connectivity index (χ3v) is 12.2. The van der Waals surface area contributed by atoms with E-state index in [9.17, 15) is 10.1 Å². The molecule has 0 saturated carbocycles. The van der Waals surface area contributed by atoms with Gasteiger partial charge in [-0.25, -0.2) is 19.9 Å². The lowest BCUT2D eigenvalue weighted by Crippen LogP contribution is -2.07. The van der Waals surface area contributed by atoms with E-state index < -0.39 is 4.92 Å². The Hall–Kier alpha value is -10.5. The van der Waals surface area contributed by atoms with Crippen molar-refractivity contribution in [3.63, 3.8) is 0 Å². The molecule has 0 radical (unpaired) electrons. The number of nitro groups is 1. The summed E-state index contributed by atoms with van der Waals surface area (Å²) in [6.45, 7) is 0. The largest absolute Gasteiger partial charge is 0.378 e. The van der Waals surface area contributed by atoms with Crippen LogP contribution in [-0.4, -0.2) is 58.9 Å². The summed E-state index contributed by atoms with van der Waals surface area (Å²) >= 11 is 0. The Morgan fingerprint density at radius 3 is 1.04 bits per heavy atom. The van der Waals surface area contributed by atoms with Crippen LogP contribution in [0.25, 0.3) is 92.7 Å². The average molecular weight is 931 g/mol. The van der Waals surface area contributed by atoms with E-state index in [0.29, 0.717) is 39.5 Å². The van der Waals surface area contributed by atoms with Gasteiger partial charge in [0.25, 0.3) is 5.69 Å². The van der Waals surface area contributed by atoms with Crippen LogP contribution in [0.4, 0.5) is 11.4 Å². The lowest BCUT2D eigenvalue weighted by molar-refractivity contribution is -0.384. The van der Waals surface area contributed by atoms with E-state index in [4.69, 9.17) is 19.9 Å². The van der Waals surface area contributed by atoms with Crippen LogP contribution < -0.4 is 4.90 Å². The Labute approximate surface area is 412 Å². The summed E-state index contributed by atoms with van der Waals surface area (Å²) in [5.41, 5.74) is 17.9. The number of aromatic nitrogens is 8. The maximum Gasteiger partial charge on any atom is 0.269 e. The maximum absolute atomic E-state index is 11.2. The van der Waals surface area contributed by atoms with Gasteiger partial charge in [0.05, 0.1) is 94.8 Å². The topological polar surface area (TPSA) is 161 Å². The van der Waals surface area contributed by atoms with Crippen LogP contribution >= 0.6 is 0 Å². The number of anilines is 1. The van der Waals surface area contributed by atoms with Gasteiger partial charge in [-0.2, -0.15) is 0 Å². The molecule has 8 aromatic rings. The van der Waals surface area contributed by atoms with Crippen molar-refractivity contribution in [2.24, 2.45) is 0 Å². The maximum atomic E-state index is 11.2. The van der Waals surface area contributed by atoms with Gasteiger partial charge in [0.15, 0.2) is 0 Å². The summed E-state index contributed by atoms with van der Waals surface area (Å²) in [7, 11) is 4.05. The molecule has 16 bridgehead atoms. The van der Waals surface area contributed by atoms with Crippen molar-refractivity contribution in [3.8, 4) is 35.5 Å². The van der Waals surface area contributed by atoms with Crippen molar-refractivity contribution in [3.05, 3.63) is 210 Å². The highest BCUT2D eigenvalue weighted by molar-refractivity contribution is 5.86. The smallest absolute Gasteiger partial charge is 0.269 e. The number of non-ortho nitro benzene ring substituents is 1. The molecule has 0 saturated heterocycles. The Kier molecular flexibility index (Phi) is 10.6. The van der Waals surface area contributed by atoms with Crippen LogP contribution in [0.5, 0.6) is 0 Å². The summed E-state index contributed by atoms with van der Waals surface area (Å²) < 4.78 is 0. The molecule has 0 fully saturated rings. The molecule has 0 aliphatic carbocycles. The van der Waals surface area contributed by atoms with Gasteiger partial charge in [-0.1, -0.05) is 35.5 Å². The Morgan fingerprint density at radius 2 is 0.722 bits per heavy atom. The standard InChI is InChI=1S/C60H38N10O2/c1-69(2)47-17-3-37(4-18-47)7-21-49-53-25-9-39(61-53)33-43-13-29-57(65-43)51(58-30-14-44(66-58)34-40-10-26-54(49)62-40)23-24-52-59-31-15-45(67-59)35-41-11-27-55(63-41)50(22-8-38-5-19-48(20-6-38)70(71)72)56-28-12-42(64-56)36-46-16-32-60(52)68-46/h3-6,9-20,25-36,61-64H,1-2H3. The molecular weight excluding hydrogens is 893 g/mol. The molecule has 4 aliphatic heterocycles. The third-order valence-electron chi connectivity index (χ3n) is 12.2. The number of aromatic amines is 4. The molecule has 0 unspecified atom stereocenters. The van der Waals surface area contributed by atoms with Crippen LogP contribution in [0, 0.1) is 45.6 Å². The van der Waals surface area contributed by atoms with Crippen LogP contribution in [0.15, 0.2) is 121 Å². The molecule has 4 aliphatic rings. The minimum atomic E-state index is -0.424. The number of nitrogens with one attached hydrogen (secondary N) is 4. The zero-order chi connectivity index (χ0) is 48.7. The first kappa shape index (κ1) is 42.8. The number of hydrogen-bond acceptors (Lipinski definition) is 7. The molecule has 0 spiro atoms. The second kappa shape index (κ2) is 17.9. The van der Waals surface area contributed by atoms with Crippen molar-refractivity contribution < 1.29 is 4.92 Å². The number of nitro benzene ring substituents is 1. The summed E-state index contributed by atoms with van der Waals surface area (Å²) in [6.07, 6.45) is 15.7. The second-order valence-corrected chi connectivity index (χ2v) is 17.4. The molecule has 10 heterocycles. The quantitative estimate of drug-likeness (QED) is 0.0762. The van der Waals surface area contributed by atoms with Crippen molar-refractivity contribution in [2.75, 3.05) is 19.0 Å². The molecule has 12 heteroatoms. The van der Waals surface area contributed by atoms with Crippen LogP contribution in [0.1, 0.15) is 78.9 Å². The highest BCUT2D eigenvalue weighted by Gasteiger charge is 2.15. The highest BCUT2D eigenvalue weighted by Crippen LogP contribution is 2.27.